The lowest BCUT2D eigenvalue weighted by atomic mass is 10.2. The van der Waals surface area contributed by atoms with Crippen LogP contribution < -0.4 is 10.2 Å². The minimum absolute atomic E-state index is 0.105. The number of aromatic hydroxyl groups is 1. The van der Waals surface area contributed by atoms with Crippen molar-refractivity contribution in [2.24, 2.45) is 5.10 Å². The van der Waals surface area contributed by atoms with Crippen LogP contribution in [0.1, 0.15) is 24.6 Å². The molecule has 0 bridgehead atoms. The molecule has 1 aromatic heterocycles. The quantitative estimate of drug-likeness (QED) is 0.391. The van der Waals surface area contributed by atoms with Crippen molar-refractivity contribution >= 4 is 28.0 Å². The average Bonchev–Trinajstić information content (AvgIpc) is 2.68. The van der Waals surface area contributed by atoms with E-state index in [4.69, 9.17) is 4.74 Å². The molecule has 7 heteroatoms. The standard InChI is InChI=1S/C21H21BrN4O2/c1-3-10-28-18-9-6-16(19(27)12-18)13-23-26-20-11-14(2)24-21(25-20)15-4-7-17(22)8-5-15/h4-9,11-13,27H,3,10H2,1-2H3,(H,24,25,26)/b23-13-. The van der Waals surface area contributed by atoms with Crippen LogP contribution in [0.3, 0.4) is 0 Å². The first kappa shape index (κ1) is 19.8. The lowest BCUT2D eigenvalue weighted by Crippen LogP contribution is -1.99. The number of nitrogens with one attached hydrogen (secondary N) is 1. The van der Waals surface area contributed by atoms with Gasteiger partial charge in [0.1, 0.15) is 11.5 Å². The van der Waals surface area contributed by atoms with Gasteiger partial charge in [0.15, 0.2) is 11.6 Å². The first-order chi connectivity index (χ1) is 13.5. The molecule has 0 aliphatic rings. The molecule has 3 rings (SSSR count). The molecule has 0 atom stereocenters. The number of halogens is 1. The van der Waals surface area contributed by atoms with Crippen LogP contribution in [0.25, 0.3) is 11.4 Å². The van der Waals surface area contributed by atoms with Crippen LogP contribution in [-0.4, -0.2) is 27.9 Å². The smallest absolute Gasteiger partial charge is 0.161 e. The van der Waals surface area contributed by atoms with E-state index in [1.54, 1.807) is 24.3 Å². The number of phenols is 1. The van der Waals surface area contributed by atoms with Gasteiger partial charge >= 0.3 is 0 Å². The number of hydrogen-bond donors (Lipinski definition) is 2. The molecular formula is C21H21BrN4O2. The summed E-state index contributed by atoms with van der Waals surface area (Å²) < 4.78 is 6.50. The monoisotopic (exact) mass is 440 g/mol. The molecule has 144 valence electrons. The van der Waals surface area contributed by atoms with Gasteiger partial charge in [0.2, 0.25) is 0 Å². The van der Waals surface area contributed by atoms with Crippen molar-refractivity contribution in [2.45, 2.75) is 20.3 Å². The summed E-state index contributed by atoms with van der Waals surface area (Å²) in [5.74, 6) is 1.93. The number of hydrazone groups is 1. The first-order valence-electron chi connectivity index (χ1n) is 8.91. The predicted molar refractivity (Wildman–Crippen MR) is 115 cm³/mol. The minimum Gasteiger partial charge on any atom is -0.507 e. The molecule has 28 heavy (non-hydrogen) atoms. The number of rotatable bonds is 7. The summed E-state index contributed by atoms with van der Waals surface area (Å²) >= 11 is 3.43. The summed E-state index contributed by atoms with van der Waals surface area (Å²) in [6, 6.07) is 14.7. The van der Waals surface area contributed by atoms with E-state index in [-0.39, 0.29) is 5.75 Å². The van der Waals surface area contributed by atoms with Gasteiger partial charge in [-0.1, -0.05) is 35.0 Å². The number of aromatic nitrogens is 2. The fraction of sp³-hybridized carbons (Fsp3) is 0.190. The van der Waals surface area contributed by atoms with E-state index < -0.39 is 0 Å². The fourth-order valence-corrected chi connectivity index (χ4v) is 2.73. The normalized spacial score (nSPS) is 11.0. The molecule has 3 aromatic rings. The van der Waals surface area contributed by atoms with Crippen LogP contribution in [0.2, 0.25) is 0 Å². The van der Waals surface area contributed by atoms with Crippen LogP contribution in [0.5, 0.6) is 11.5 Å². The summed E-state index contributed by atoms with van der Waals surface area (Å²) in [6.07, 6.45) is 2.45. The Bertz CT molecular complexity index is 975. The van der Waals surface area contributed by atoms with Crippen molar-refractivity contribution in [1.29, 1.82) is 0 Å². The number of anilines is 1. The van der Waals surface area contributed by atoms with E-state index in [2.05, 4.69) is 36.4 Å². The van der Waals surface area contributed by atoms with Crippen molar-refractivity contribution in [3.8, 4) is 22.9 Å². The molecule has 0 saturated carbocycles. The summed E-state index contributed by atoms with van der Waals surface area (Å²) in [5.41, 5.74) is 5.22. The average molecular weight is 441 g/mol. The third-order valence-electron chi connectivity index (χ3n) is 3.81. The molecular weight excluding hydrogens is 420 g/mol. The van der Waals surface area contributed by atoms with Gasteiger partial charge in [-0.25, -0.2) is 9.97 Å². The zero-order chi connectivity index (χ0) is 19.9. The van der Waals surface area contributed by atoms with Crippen LogP contribution in [0, 0.1) is 6.92 Å². The Morgan fingerprint density at radius 2 is 1.93 bits per heavy atom. The molecule has 6 nitrogen and oxygen atoms in total. The number of phenolic OH excluding ortho intramolecular Hbond substituents is 1. The van der Waals surface area contributed by atoms with Crippen molar-refractivity contribution < 1.29 is 9.84 Å². The van der Waals surface area contributed by atoms with E-state index in [1.807, 2.05) is 38.1 Å². The van der Waals surface area contributed by atoms with Gasteiger partial charge in [0.05, 0.1) is 12.8 Å². The van der Waals surface area contributed by atoms with Gasteiger partial charge in [-0.15, -0.1) is 0 Å². The number of aryl methyl sites for hydroxylation is 1. The molecule has 2 aromatic carbocycles. The predicted octanol–water partition coefficient (Wildman–Crippen LogP) is 5.15. The number of ether oxygens (including phenoxy) is 1. The molecule has 0 fully saturated rings. The first-order valence-corrected chi connectivity index (χ1v) is 9.71. The lowest BCUT2D eigenvalue weighted by Gasteiger charge is -2.07. The zero-order valence-corrected chi connectivity index (χ0v) is 17.3. The Kier molecular flexibility index (Phi) is 6.60. The highest BCUT2D eigenvalue weighted by molar-refractivity contribution is 9.10. The van der Waals surface area contributed by atoms with E-state index in [1.165, 1.54) is 6.21 Å². The highest BCUT2D eigenvalue weighted by Crippen LogP contribution is 2.23. The summed E-state index contributed by atoms with van der Waals surface area (Å²) in [7, 11) is 0. The van der Waals surface area contributed by atoms with Gasteiger partial charge in [0, 0.05) is 33.4 Å². The Balaban J connectivity index is 1.73. The van der Waals surface area contributed by atoms with Gasteiger partial charge in [-0.2, -0.15) is 5.10 Å². The van der Waals surface area contributed by atoms with Crippen LogP contribution >= 0.6 is 15.9 Å². The van der Waals surface area contributed by atoms with Crippen molar-refractivity contribution in [2.75, 3.05) is 12.0 Å². The second-order valence-electron chi connectivity index (χ2n) is 6.16. The molecule has 0 radical (unpaired) electrons. The number of nitrogens with zero attached hydrogens (tertiary/aromatic N) is 3. The SMILES string of the molecule is CCCOc1ccc(/C=N\Nc2cc(C)nc(-c3ccc(Br)cc3)n2)c(O)c1. The van der Waals surface area contributed by atoms with Gasteiger partial charge in [-0.05, 0) is 37.6 Å². The van der Waals surface area contributed by atoms with Gasteiger partial charge in [0.25, 0.3) is 0 Å². The van der Waals surface area contributed by atoms with Crippen molar-refractivity contribution in [3.05, 3.63) is 64.3 Å². The molecule has 0 spiro atoms. The van der Waals surface area contributed by atoms with Crippen molar-refractivity contribution in [3.63, 3.8) is 0 Å². The minimum atomic E-state index is 0.105. The molecule has 0 aliphatic carbocycles. The second kappa shape index (κ2) is 9.32. The largest absolute Gasteiger partial charge is 0.507 e. The maximum absolute atomic E-state index is 10.1. The Morgan fingerprint density at radius 3 is 2.64 bits per heavy atom. The van der Waals surface area contributed by atoms with E-state index >= 15 is 0 Å². The van der Waals surface area contributed by atoms with Gasteiger partial charge in [-0.3, -0.25) is 5.43 Å². The van der Waals surface area contributed by atoms with E-state index in [0.717, 1.165) is 22.2 Å². The number of hydrogen-bond acceptors (Lipinski definition) is 6. The Labute approximate surface area is 172 Å². The Hall–Kier alpha value is -2.93. The van der Waals surface area contributed by atoms with E-state index in [9.17, 15) is 5.11 Å². The maximum atomic E-state index is 10.1. The molecule has 0 aliphatic heterocycles. The van der Waals surface area contributed by atoms with Crippen molar-refractivity contribution in [1.82, 2.24) is 9.97 Å². The molecule has 1 heterocycles. The molecule has 0 saturated heterocycles. The van der Waals surface area contributed by atoms with Gasteiger partial charge < -0.3 is 9.84 Å². The Morgan fingerprint density at radius 1 is 1.14 bits per heavy atom. The molecule has 0 unspecified atom stereocenters. The molecule has 0 amide bonds. The second-order valence-corrected chi connectivity index (χ2v) is 7.08. The zero-order valence-electron chi connectivity index (χ0n) is 15.7. The third-order valence-corrected chi connectivity index (χ3v) is 4.34. The fourth-order valence-electron chi connectivity index (χ4n) is 2.46. The summed E-state index contributed by atoms with van der Waals surface area (Å²) in [6.45, 7) is 4.55. The maximum Gasteiger partial charge on any atom is 0.161 e. The van der Waals surface area contributed by atoms with Crippen LogP contribution in [-0.2, 0) is 0 Å². The van der Waals surface area contributed by atoms with Crippen LogP contribution in [0.15, 0.2) is 58.1 Å². The molecule has 2 N–H and O–H groups in total. The summed E-state index contributed by atoms with van der Waals surface area (Å²) in [5, 5.41) is 14.3. The highest BCUT2D eigenvalue weighted by Gasteiger charge is 2.05. The van der Waals surface area contributed by atoms with E-state index in [0.29, 0.717) is 29.6 Å². The third kappa shape index (κ3) is 5.29. The summed E-state index contributed by atoms with van der Waals surface area (Å²) in [4.78, 5) is 8.98. The highest BCUT2D eigenvalue weighted by atomic mass is 79.9. The van der Waals surface area contributed by atoms with Crippen LogP contribution in [0.4, 0.5) is 5.82 Å². The topological polar surface area (TPSA) is 79.6 Å². The lowest BCUT2D eigenvalue weighted by molar-refractivity contribution is 0.315. The number of benzene rings is 2.